The summed E-state index contributed by atoms with van der Waals surface area (Å²) in [6.07, 6.45) is 0. The molecule has 0 saturated carbocycles. The Labute approximate surface area is 136 Å². The molecule has 0 aliphatic rings. The molecule has 0 aliphatic carbocycles. The van der Waals surface area contributed by atoms with E-state index in [1.165, 1.54) is 0 Å². The maximum Gasteiger partial charge on any atom is 0.269 e. The molecule has 1 aromatic carbocycles. The minimum absolute atomic E-state index is 0.240. The van der Waals surface area contributed by atoms with Crippen molar-refractivity contribution >= 4 is 44.7 Å². The normalized spacial score (nSPS) is 11.5. The number of amides is 1. The number of nitrogens with two attached hydrogens (primary N) is 1. The van der Waals surface area contributed by atoms with E-state index in [9.17, 15) is 4.79 Å². The largest absolute Gasteiger partial charge is 0.397 e. The minimum Gasteiger partial charge on any atom is -0.397 e. The van der Waals surface area contributed by atoms with Gasteiger partial charge in [0.1, 0.15) is 4.88 Å². The Bertz CT molecular complexity index is 668. The first kappa shape index (κ1) is 15.9. The zero-order valence-electron chi connectivity index (χ0n) is 12.3. The lowest BCUT2D eigenvalue weighted by Crippen LogP contribution is -2.20. The van der Waals surface area contributed by atoms with Crippen molar-refractivity contribution in [3.63, 3.8) is 0 Å². The smallest absolute Gasteiger partial charge is 0.269 e. The van der Waals surface area contributed by atoms with Gasteiger partial charge in [-0.25, -0.2) is 0 Å². The topological polar surface area (TPSA) is 80.9 Å². The number of anilines is 2. The first-order valence-electron chi connectivity index (χ1n) is 6.40. The molecule has 2 aromatic rings. The van der Waals surface area contributed by atoms with Crippen molar-refractivity contribution < 1.29 is 4.79 Å². The molecule has 0 fully saturated rings. The van der Waals surface area contributed by atoms with Crippen molar-refractivity contribution in [1.82, 2.24) is 9.59 Å². The van der Waals surface area contributed by atoms with Gasteiger partial charge in [-0.3, -0.25) is 4.79 Å². The van der Waals surface area contributed by atoms with E-state index in [2.05, 4.69) is 30.8 Å². The van der Waals surface area contributed by atoms with Gasteiger partial charge in [0, 0.05) is 9.89 Å². The molecular weight excluding hydrogens is 352 g/mol. The van der Waals surface area contributed by atoms with Crippen LogP contribution in [-0.4, -0.2) is 15.5 Å². The Morgan fingerprint density at radius 3 is 2.62 bits per heavy atom. The molecule has 3 N–H and O–H groups in total. The van der Waals surface area contributed by atoms with E-state index in [1.54, 1.807) is 0 Å². The van der Waals surface area contributed by atoms with Crippen LogP contribution in [0.5, 0.6) is 0 Å². The number of nitrogen functional groups attached to an aromatic ring is 1. The van der Waals surface area contributed by atoms with Crippen LogP contribution in [0.2, 0.25) is 0 Å². The molecule has 112 valence electrons. The number of rotatable bonds is 2. The standard InChI is InChI=1S/C14H17BrN4OS/c1-7-5-8(15)10(9(16)6-7)17-13(20)11-12(14(2,3)4)18-19-21-11/h5-6H,16H2,1-4H3,(H,17,20). The van der Waals surface area contributed by atoms with E-state index >= 15 is 0 Å². The molecule has 0 aliphatic heterocycles. The molecule has 1 aromatic heterocycles. The SMILES string of the molecule is Cc1cc(N)c(NC(=O)c2snnc2C(C)(C)C)c(Br)c1. The van der Waals surface area contributed by atoms with Crippen LogP contribution >= 0.6 is 27.5 Å². The number of aromatic nitrogens is 2. The fourth-order valence-corrected chi connectivity index (χ4v) is 3.36. The zero-order valence-corrected chi connectivity index (χ0v) is 14.7. The van der Waals surface area contributed by atoms with Crippen LogP contribution in [0.4, 0.5) is 11.4 Å². The van der Waals surface area contributed by atoms with Gasteiger partial charge in [0.2, 0.25) is 0 Å². The summed E-state index contributed by atoms with van der Waals surface area (Å²) in [5.41, 5.74) is 8.53. The molecule has 0 unspecified atom stereocenters. The fourth-order valence-electron chi connectivity index (χ4n) is 1.90. The van der Waals surface area contributed by atoms with Gasteiger partial charge < -0.3 is 11.1 Å². The molecule has 7 heteroatoms. The van der Waals surface area contributed by atoms with Crippen LogP contribution in [0, 0.1) is 6.92 Å². The number of hydrogen-bond acceptors (Lipinski definition) is 5. The van der Waals surface area contributed by atoms with Crippen molar-refractivity contribution in [2.45, 2.75) is 33.1 Å². The third-order valence-electron chi connectivity index (χ3n) is 2.91. The van der Waals surface area contributed by atoms with Crippen molar-refractivity contribution in [3.8, 4) is 0 Å². The van der Waals surface area contributed by atoms with Gasteiger partial charge in [0.25, 0.3) is 5.91 Å². The van der Waals surface area contributed by atoms with Crippen LogP contribution in [0.1, 0.15) is 41.7 Å². The van der Waals surface area contributed by atoms with Crippen molar-refractivity contribution in [3.05, 3.63) is 32.7 Å². The number of nitrogens with zero attached hydrogens (tertiary/aromatic N) is 2. The van der Waals surface area contributed by atoms with Crippen LogP contribution in [0.15, 0.2) is 16.6 Å². The second kappa shape index (κ2) is 5.73. The second-order valence-electron chi connectivity index (χ2n) is 5.87. The highest BCUT2D eigenvalue weighted by molar-refractivity contribution is 9.10. The number of carbonyl (C=O) groups is 1. The number of nitrogens with one attached hydrogen (secondary N) is 1. The number of benzene rings is 1. The predicted octanol–water partition coefficient (Wildman–Crippen LogP) is 3.74. The van der Waals surface area contributed by atoms with Crippen LogP contribution in [0.25, 0.3) is 0 Å². The molecular formula is C14H17BrN4OS. The molecule has 0 atom stereocenters. The lowest BCUT2D eigenvalue weighted by Gasteiger charge is -2.17. The minimum atomic E-state index is -0.244. The number of halogens is 1. The highest BCUT2D eigenvalue weighted by Crippen LogP contribution is 2.32. The molecule has 21 heavy (non-hydrogen) atoms. The van der Waals surface area contributed by atoms with Crippen molar-refractivity contribution in [1.29, 1.82) is 0 Å². The van der Waals surface area contributed by atoms with Crippen molar-refractivity contribution in [2.75, 3.05) is 11.1 Å². The van der Waals surface area contributed by atoms with E-state index in [1.807, 2.05) is 39.8 Å². The van der Waals surface area contributed by atoms with Crippen LogP contribution < -0.4 is 11.1 Å². The highest BCUT2D eigenvalue weighted by Gasteiger charge is 2.26. The maximum atomic E-state index is 12.5. The van der Waals surface area contributed by atoms with Gasteiger partial charge in [-0.1, -0.05) is 25.3 Å². The molecule has 5 nitrogen and oxygen atoms in total. The Hall–Kier alpha value is -1.47. The quantitative estimate of drug-likeness (QED) is 0.791. The summed E-state index contributed by atoms with van der Waals surface area (Å²) in [5, 5.41) is 6.91. The number of aryl methyl sites for hydroxylation is 1. The van der Waals surface area contributed by atoms with Gasteiger partial charge in [-0.15, -0.1) is 5.10 Å². The summed E-state index contributed by atoms with van der Waals surface area (Å²) in [6.45, 7) is 7.93. The maximum absolute atomic E-state index is 12.5. The van der Waals surface area contributed by atoms with Crippen molar-refractivity contribution in [2.24, 2.45) is 0 Å². The van der Waals surface area contributed by atoms with Gasteiger partial charge >= 0.3 is 0 Å². The lowest BCUT2D eigenvalue weighted by molar-refractivity contribution is 0.102. The van der Waals surface area contributed by atoms with E-state index in [4.69, 9.17) is 5.73 Å². The Morgan fingerprint density at radius 1 is 1.38 bits per heavy atom. The Morgan fingerprint density at radius 2 is 2.05 bits per heavy atom. The first-order chi connectivity index (χ1) is 9.70. The van der Waals surface area contributed by atoms with Gasteiger partial charge in [-0.05, 0) is 52.1 Å². The third kappa shape index (κ3) is 3.41. The predicted molar refractivity (Wildman–Crippen MR) is 89.9 cm³/mol. The van der Waals surface area contributed by atoms with E-state index in [0.717, 1.165) is 21.6 Å². The summed E-state index contributed by atoms with van der Waals surface area (Å²) in [5.74, 6) is -0.244. The van der Waals surface area contributed by atoms with Gasteiger partial charge in [0.15, 0.2) is 0 Å². The molecule has 1 heterocycles. The van der Waals surface area contributed by atoms with Gasteiger partial charge in [0.05, 0.1) is 17.1 Å². The Balaban J connectivity index is 2.34. The lowest BCUT2D eigenvalue weighted by atomic mass is 9.91. The monoisotopic (exact) mass is 368 g/mol. The van der Waals surface area contributed by atoms with E-state index in [0.29, 0.717) is 21.9 Å². The fraction of sp³-hybridized carbons (Fsp3) is 0.357. The van der Waals surface area contributed by atoms with E-state index < -0.39 is 0 Å². The molecule has 1 amide bonds. The summed E-state index contributed by atoms with van der Waals surface area (Å²) in [4.78, 5) is 13.0. The van der Waals surface area contributed by atoms with Crippen LogP contribution in [-0.2, 0) is 5.41 Å². The average molecular weight is 369 g/mol. The summed E-state index contributed by atoms with van der Waals surface area (Å²) >= 11 is 4.51. The summed E-state index contributed by atoms with van der Waals surface area (Å²) < 4.78 is 4.65. The second-order valence-corrected chi connectivity index (χ2v) is 7.47. The zero-order chi connectivity index (χ0) is 15.8. The Kier molecular flexibility index (Phi) is 4.34. The third-order valence-corrected chi connectivity index (χ3v) is 4.26. The summed E-state index contributed by atoms with van der Waals surface area (Å²) in [6, 6.07) is 3.72. The molecule has 0 spiro atoms. The highest BCUT2D eigenvalue weighted by atomic mass is 79.9. The average Bonchev–Trinajstić information content (AvgIpc) is 2.82. The van der Waals surface area contributed by atoms with Gasteiger partial charge in [-0.2, -0.15) is 0 Å². The first-order valence-corrected chi connectivity index (χ1v) is 7.96. The summed E-state index contributed by atoms with van der Waals surface area (Å²) in [7, 11) is 0. The molecule has 2 rings (SSSR count). The van der Waals surface area contributed by atoms with E-state index in [-0.39, 0.29) is 11.3 Å². The molecule has 0 saturated heterocycles. The number of hydrogen-bond donors (Lipinski definition) is 2. The van der Waals surface area contributed by atoms with Crippen LogP contribution in [0.3, 0.4) is 0 Å². The molecule has 0 bridgehead atoms. The molecule has 0 radical (unpaired) electrons. The number of carbonyl (C=O) groups excluding carboxylic acids is 1.